The smallest absolute Gasteiger partial charge is 0.247 e. The van der Waals surface area contributed by atoms with E-state index in [4.69, 9.17) is 23.8 Å². The zero-order valence-corrected chi connectivity index (χ0v) is 23.6. The molecule has 1 amide bonds. The van der Waals surface area contributed by atoms with Crippen molar-refractivity contribution in [2.45, 2.75) is 81.9 Å². The van der Waals surface area contributed by atoms with Gasteiger partial charge in [0.25, 0.3) is 0 Å². The number of fused-ring (bicyclic) bond motifs is 1. The minimum Gasteiger partial charge on any atom is -0.504 e. The summed E-state index contributed by atoms with van der Waals surface area (Å²) in [5, 5.41) is 59.0. The predicted molar refractivity (Wildman–Crippen MR) is 151 cm³/mol. The molecule has 5 rings (SSSR count). The summed E-state index contributed by atoms with van der Waals surface area (Å²) >= 11 is 0. The van der Waals surface area contributed by atoms with Crippen LogP contribution in [0.5, 0.6) is 11.5 Å². The van der Waals surface area contributed by atoms with E-state index in [1.165, 1.54) is 25.1 Å². The zero-order chi connectivity index (χ0) is 30.7. The Morgan fingerprint density at radius 3 is 2.47 bits per heavy atom. The summed E-state index contributed by atoms with van der Waals surface area (Å²) in [4.78, 5) is 18.2. The molecule has 3 fully saturated rings. The number of hydrogen-bond donors (Lipinski definition) is 6. The molecule has 1 aliphatic carbocycles. The fourth-order valence-corrected chi connectivity index (χ4v) is 5.24. The van der Waals surface area contributed by atoms with E-state index in [9.17, 15) is 30.3 Å². The second-order valence-electron chi connectivity index (χ2n) is 10.8. The maximum atomic E-state index is 12.8. The lowest BCUT2D eigenvalue weighted by Crippen LogP contribution is -2.67. The van der Waals surface area contributed by atoms with Gasteiger partial charge in [0, 0.05) is 12.0 Å². The van der Waals surface area contributed by atoms with Gasteiger partial charge in [0.2, 0.25) is 12.2 Å². The van der Waals surface area contributed by atoms with Crippen molar-refractivity contribution in [2.24, 2.45) is 5.16 Å². The number of phenols is 1. The molecule has 0 bridgehead atoms. The third kappa shape index (κ3) is 6.99. The van der Waals surface area contributed by atoms with Crippen molar-refractivity contribution in [3.8, 4) is 11.5 Å². The molecule has 2 unspecified atom stereocenters. The molecular formula is C30H36N2O11. The summed E-state index contributed by atoms with van der Waals surface area (Å²) in [5.74, 6) is -0.788. The van der Waals surface area contributed by atoms with Crippen LogP contribution in [0.2, 0.25) is 0 Å². The summed E-state index contributed by atoms with van der Waals surface area (Å²) in [6, 6.07) is 12.8. The van der Waals surface area contributed by atoms with E-state index in [1.807, 2.05) is 30.3 Å². The number of nitrogens with zero attached hydrogens (tertiary/aromatic N) is 1. The molecule has 0 radical (unpaired) electrons. The fraction of sp³-hybridized carbons (Fsp3) is 0.467. The summed E-state index contributed by atoms with van der Waals surface area (Å²) in [7, 11) is 0. The second-order valence-corrected chi connectivity index (χ2v) is 10.8. The molecule has 43 heavy (non-hydrogen) atoms. The number of hydrogen-bond acceptors (Lipinski definition) is 12. The molecule has 6 N–H and O–H groups in total. The van der Waals surface area contributed by atoms with Gasteiger partial charge in [-0.25, -0.2) is 0 Å². The Labute approximate surface area is 247 Å². The van der Waals surface area contributed by atoms with Crippen LogP contribution in [0, 0.1) is 0 Å². The van der Waals surface area contributed by atoms with E-state index in [0.29, 0.717) is 17.9 Å². The number of rotatable bonds is 9. The van der Waals surface area contributed by atoms with E-state index in [-0.39, 0.29) is 30.3 Å². The minimum atomic E-state index is -1.47. The predicted octanol–water partition coefficient (Wildman–Crippen LogP) is 0.565. The van der Waals surface area contributed by atoms with Crippen molar-refractivity contribution in [3.63, 3.8) is 0 Å². The number of phenolic OH excluding ortho intramolecular Hbond substituents is 1. The van der Waals surface area contributed by atoms with E-state index >= 15 is 0 Å². The van der Waals surface area contributed by atoms with Gasteiger partial charge in [0.15, 0.2) is 11.5 Å². The minimum absolute atomic E-state index is 0.0645. The number of oxime groups is 1. The Bertz CT molecular complexity index is 1340. The van der Waals surface area contributed by atoms with Crippen molar-refractivity contribution in [1.29, 1.82) is 0 Å². The summed E-state index contributed by atoms with van der Waals surface area (Å²) < 4.78 is 22.1. The highest BCUT2D eigenvalue weighted by Gasteiger charge is 2.53. The third-order valence-electron chi connectivity index (χ3n) is 7.69. The number of aliphatic hydroxyl groups excluding tert-OH is 4. The zero-order valence-electron chi connectivity index (χ0n) is 23.6. The van der Waals surface area contributed by atoms with Gasteiger partial charge in [-0.3, -0.25) is 4.79 Å². The summed E-state index contributed by atoms with van der Waals surface area (Å²) in [6.45, 7) is 3.40. The first-order chi connectivity index (χ1) is 20.6. The average Bonchev–Trinajstić information content (AvgIpc) is 3.63. The molecule has 2 saturated heterocycles. The fourth-order valence-electron chi connectivity index (χ4n) is 5.24. The van der Waals surface area contributed by atoms with Crippen molar-refractivity contribution >= 4 is 17.7 Å². The Morgan fingerprint density at radius 1 is 1.02 bits per heavy atom. The van der Waals surface area contributed by atoms with Gasteiger partial charge < -0.3 is 54.6 Å². The van der Waals surface area contributed by atoms with Gasteiger partial charge in [0.1, 0.15) is 56.1 Å². The van der Waals surface area contributed by atoms with Crippen LogP contribution in [-0.4, -0.2) is 99.0 Å². The number of benzene rings is 2. The van der Waals surface area contributed by atoms with Gasteiger partial charge in [-0.2, -0.15) is 0 Å². The lowest BCUT2D eigenvalue weighted by atomic mass is 9.83. The molecule has 0 spiro atoms. The molecule has 2 aliphatic heterocycles. The van der Waals surface area contributed by atoms with Gasteiger partial charge in [0.05, 0.1) is 11.8 Å². The lowest BCUT2D eigenvalue weighted by Gasteiger charge is -2.41. The van der Waals surface area contributed by atoms with Crippen molar-refractivity contribution in [1.82, 2.24) is 5.32 Å². The van der Waals surface area contributed by atoms with Crippen LogP contribution in [0.25, 0.3) is 6.08 Å². The number of nitrogens with one attached hydrogen (secondary N) is 1. The first-order valence-electron chi connectivity index (χ1n) is 13.9. The molecule has 0 aromatic heterocycles. The largest absolute Gasteiger partial charge is 0.504 e. The molecule has 2 aromatic rings. The average molecular weight is 601 g/mol. The van der Waals surface area contributed by atoms with Crippen molar-refractivity contribution in [2.75, 3.05) is 6.79 Å². The third-order valence-corrected chi connectivity index (χ3v) is 7.69. The van der Waals surface area contributed by atoms with E-state index in [1.54, 1.807) is 13.0 Å². The van der Waals surface area contributed by atoms with Crippen LogP contribution in [0.4, 0.5) is 0 Å². The first kappa shape index (κ1) is 30.9. The summed E-state index contributed by atoms with van der Waals surface area (Å²) in [6.07, 6.45) is -6.76. The van der Waals surface area contributed by atoms with Crippen LogP contribution in [-0.2, 0) is 30.4 Å². The second kappa shape index (κ2) is 13.4. The molecule has 1 saturated carbocycles. The topological polar surface area (TPSA) is 189 Å². The summed E-state index contributed by atoms with van der Waals surface area (Å²) in [5.41, 5.74) is 2.16. The van der Waals surface area contributed by atoms with Gasteiger partial charge in [-0.1, -0.05) is 41.6 Å². The normalized spacial score (nSPS) is 32.7. The van der Waals surface area contributed by atoms with Crippen LogP contribution in [0.1, 0.15) is 31.4 Å². The quantitative estimate of drug-likeness (QED) is 0.134. The van der Waals surface area contributed by atoms with Crippen LogP contribution in [0.3, 0.4) is 0 Å². The molecule has 2 aromatic carbocycles. The van der Waals surface area contributed by atoms with Gasteiger partial charge in [-0.15, -0.1) is 0 Å². The Morgan fingerprint density at radius 2 is 1.74 bits per heavy atom. The maximum Gasteiger partial charge on any atom is 0.247 e. The SMILES string of the molecule is C/C(=C\c1ccc(O[C@@H]2OC(/C(C)=N/OCc3ccccc3)C[C@@H]2O)c(O)c1)C(=O)NC1[C@@H](O)[C@@H]2OCO[C@@H]2[C@H](O)[C@H]1O. The highest BCUT2D eigenvalue weighted by Crippen LogP contribution is 2.33. The van der Waals surface area contributed by atoms with E-state index < -0.39 is 61.0 Å². The standard InChI is InChI=1S/C30H36N2O11/c1-15(29(38)31-23-24(35)26(37)28-27(25(23)36)39-14-40-28)10-18-8-9-21(19(33)11-18)42-30-20(34)12-22(43-30)16(2)32-41-13-17-6-4-3-5-7-17/h3-11,20,22-28,30,33-37H,12-14H2,1-2H3,(H,31,38)/b15-10+,32-16+/t20-,22?,23?,24-,25+,26+,27-,28+,30+/m0/s1. The van der Waals surface area contributed by atoms with Crippen molar-refractivity contribution in [3.05, 3.63) is 65.2 Å². The monoisotopic (exact) mass is 600 g/mol. The van der Waals surface area contributed by atoms with Crippen LogP contribution < -0.4 is 10.1 Å². The highest BCUT2D eigenvalue weighted by molar-refractivity contribution is 5.97. The Kier molecular flexibility index (Phi) is 9.62. The van der Waals surface area contributed by atoms with Crippen LogP contribution >= 0.6 is 0 Å². The van der Waals surface area contributed by atoms with E-state index in [2.05, 4.69) is 10.5 Å². The molecule has 13 heteroatoms. The van der Waals surface area contributed by atoms with Crippen LogP contribution in [0.15, 0.2) is 59.3 Å². The Balaban J connectivity index is 1.16. The number of aromatic hydroxyl groups is 1. The lowest BCUT2D eigenvalue weighted by molar-refractivity contribution is -0.155. The molecule has 9 atom stereocenters. The first-order valence-corrected chi connectivity index (χ1v) is 13.9. The molecule has 3 aliphatic rings. The van der Waals surface area contributed by atoms with Crippen molar-refractivity contribution < 1.29 is 54.1 Å². The molecular weight excluding hydrogens is 564 g/mol. The molecule has 232 valence electrons. The number of carbonyl (C=O) groups excluding carboxylic acids is 1. The van der Waals surface area contributed by atoms with Gasteiger partial charge >= 0.3 is 0 Å². The maximum absolute atomic E-state index is 12.8. The molecule has 13 nitrogen and oxygen atoms in total. The number of aliphatic hydroxyl groups is 4. The van der Waals surface area contributed by atoms with Gasteiger partial charge in [-0.05, 0) is 43.2 Å². The highest BCUT2D eigenvalue weighted by atomic mass is 16.7. The Hall–Kier alpha value is -3.56. The van der Waals surface area contributed by atoms with E-state index in [0.717, 1.165) is 5.56 Å². The number of ether oxygens (including phenoxy) is 4. The number of amides is 1. The molecule has 2 heterocycles. The number of carbonyl (C=O) groups is 1.